The summed E-state index contributed by atoms with van der Waals surface area (Å²) in [6, 6.07) is 7.55. The standard InChI is InChI=1S/C13H19NO2S/c1-10(6-7-15)9-14-13(16)8-11-2-4-12(17)5-3-11/h2-5,10,15,17H,6-9H2,1H3,(H,14,16). The molecule has 1 unspecified atom stereocenters. The zero-order valence-corrected chi connectivity index (χ0v) is 10.9. The van der Waals surface area contributed by atoms with Crippen LogP contribution in [0.2, 0.25) is 0 Å². The third-order valence-corrected chi connectivity index (χ3v) is 2.87. The molecule has 0 aliphatic heterocycles. The second kappa shape index (κ2) is 7.35. The summed E-state index contributed by atoms with van der Waals surface area (Å²) in [4.78, 5) is 12.5. The maximum absolute atomic E-state index is 11.6. The van der Waals surface area contributed by atoms with Gasteiger partial charge in [0.25, 0.3) is 0 Å². The largest absolute Gasteiger partial charge is 0.396 e. The van der Waals surface area contributed by atoms with Gasteiger partial charge in [-0.3, -0.25) is 4.79 Å². The number of hydrogen-bond donors (Lipinski definition) is 3. The van der Waals surface area contributed by atoms with E-state index >= 15 is 0 Å². The van der Waals surface area contributed by atoms with Crippen molar-refractivity contribution < 1.29 is 9.90 Å². The second-order valence-corrected chi connectivity index (χ2v) is 4.78. The van der Waals surface area contributed by atoms with Gasteiger partial charge in [-0.2, -0.15) is 0 Å². The number of carbonyl (C=O) groups is 1. The van der Waals surface area contributed by atoms with E-state index in [4.69, 9.17) is 5.11 Å². The molecule has 0 fully saturated rings. The summed E-state index contributed by atoms with van der Waals surface area (Å²) in [5.41, 5.74) is 0.982. The van der Waals surface area contributed by atoms with Crippen LogP contribution >= 0.6 is 12.6 Å². The van der Waals surface area contributed by atoms with E-state index in [1.165, 1.54) is 0 Å². The Bertz CT molecular complexity index is 351. The molecule has 0 saturated carbocycles. The van der Waals surface area contributed by atoms with E-state index in [0.29, 0.717) is 25.3 Å². The lowest BCUT2D eigenvalue weighted by Gasteiger charge is -2.11. The van der Waals surface area contributed by atoms with E-state index in [0.717, 1.165) is 10.5 Å². The third kappa shape index (κ3) is 5.75. The minimum absolute atomic E-state index is 0.0155. The Labute approximate surface area is 108 Å². The van der Waals surface area contributed by atoms with Gasteiger partial charge in [-0.25, -0.2) is 0 Å². The van der Waals surface area contributed by atoms with Crippen LogP contribution in [0.15, 0.2) is 29.2 Å². The molecule has 0 heterocycles. The highest BCUT2D eigenvalue weighted by Gasteiger charge is 2.06. The van der Waals surface area contributed by atoms with Crippen molar-refractivity contribution in [1.82, 2.24) is 5.32 Å². The van der Waals surface area contributed by atoms with Gasteiger partial charge in [0.15, 0.2) is 0 Å². The van der Waals surface area contributed by atoms with Crippen molar-refractivity contribution in [3.8, 4) is 0 Å². The molecule has 0 spiro atoms. The van der Waals surface area contributed by atoms with Gasteiger partial charge >= 0.3 is 0 Å². The summed E-state index contributed by atoms with van der Waals surface area (Å²) in [6.07, 6.45) is 1.11. The molecule has 2 N–H and O–H groups in total. The summed E-state index contributed by atoms with van der Waals surface area (Å²) in [6.45, 7) is 2.79. The van der Waals surface area contributed by atoms with E-state index < -0.39 is 0 Å². The Morgan fingerprint density at radius 2 is 2.06 bits per heavy atom. The second-order valence-electron chi connectivity index (χ2n) is 4.26. The van der Waals surface area contributed by atoms with Crippen LogP contribution < -0.4 is 5.32 Å². The molecule has 0 aromatic heterocycles. The smallest absolute Gasteiger partial charge is 0.224 e. The van der Waals surface area contributed by atoms with E-state index in [1.54, 1.807) is 0 Å². The van der Waals surface area contributed by atoms with Gasteiger partial charge in [-0.05, 0) is 30.0 Å². The Balaban J connectivity index is 2.32. The number of nitrogens with one attached hydrogen (secondary N) is 1. The highest BCUT2D eigenvalue weighted by molar-refractivity contribution is 7.80. The van der Waals surface area contributed by atoms with Crippen LogP contribution in [0.1, 0.15) is 18.9 Å². The number of aliphatic hydroxyl groups excluding tert-OH is 1. The van der Waals surface area contributed by atoms with Crippen LogP contribution in [0.4, 0.5) is 0 Å². The molecule has 4 heteroatoms. The number of rotatable bonds is 6. The van der Waals surface area contributed by atoms with Crippen molar-refractivity contribution >= 4 is 18.5 Å². The number of benzene rings is 1. The minimum atomic E-state index is 0.0155. The zero-order valence-electron chi connectivity index (χ0n) is 10.0. The summed E-state index contributed by atoms with van der Waals surface area (Å²) in [5, 5.41) is 11.6. The van der Waals surface area contributed by atoms with E-state index in [9.17, 15) is 4.79 Å². The summed E-state index contributed by atoms with van der Waals surface area (Å²) in [7, 11) is 0. The van der Waals surface area contributed by atoms with Crippen LogP contribution in [0, 0.1) is 5.92 Å². The van der Waals surface area contributed by atoms with Crippen LogP contribution in [0.5, 0.6) is 0 Å². The lowest BCUT2D eigenvalue weighted by atomic mass is 10.1. The van der Waals surface area contributed by atoms with Crippen molar-refractivity contribution in [2.24, 2.45) is 5.92 Å². The first-order chi connectivity index (χ1) is 8.11. The molecule has 3 nitrogen and oxygen atoms in total. The molecule has 17 heavy (non-hydrogen) atoms. The van der Waals surface area contributed by atoms with Gasteiger partial charge in [-0.1, -0.05) is 19.1 Å². The molecule has 1 atom stereocenters. The quantitative estimate of drug-likeness (QED) is 0.675. The Kier molecular flexibility index (Phi) is 6.08. The van der Waals surface area contributed by atoms with Gasteiger partial charge in [0.1, 0.15) is 0 Å². The molecule has 0 radical (unpaired) electrons. The summed E-state index contributed by atoms with van der Waals surface area (Å²) >= 11 is 4.19. The summed E-state index contributed by atoms with van der Waals surface area (Å²) < 4.78 is 0. The fraction of sp³-hybridized carbons (Fsp3) is 0.462. The SMILES string of the molecule is CC(CCO)CNC(=O)Cc1ccc(S)cc1. The minimum Gasteiger partial charge on any atom is -0.396 e. The van der Waals surface area contributed by atoms with E-state index in [2.05, 4.69) is 17.9 Å². The predicted octanol–water partition coefficient (Wildman–Crippen LogP) is 1.65. The predicted molar refractivity (Wildman–Crippen MR) is 71.3 cm³/mol. The molecular formula is C13H19NO2S. The number of aliphatic hydroxyl groups is 1. The Morgan fingerprint density at radius 1 is 1.41 bits per heavy atom. The lowest BCUT2D eigenvalue weighted by Crippen LogP contribution is -2.29. The molecule has 1 amide bonds. The van der Waals surface area contributed by atoms with Crippen molar-refractivity contribution in [3.63, 3.8) is 0 Å². The molecule has 1 aromatic carbocycles. The first kappa shape index (κ1) is 14.1. The van der Waals surface area contributed by atoms with Crippen molar-refractivity contribution in [2.75, 3.05) is 13.2 Å². The molecule has 0 bridgehead atoms. The van der Waals surface area contributed by atoms with Crippen LogP contribution in [-0.4, -0.2) is 24.2 Å². The molecule has 0 aliphatic rings. The van der Waals surface area contributed by atoms with Gasteiger partial charge in [0, 0.05) is 18.0 Å². The van der Waals surface area contributed by atoms with Gasteiger partial charge in [0.2, 0.25) is 5.91 Å². The Hall–Kier alpha value is -1.00. The first-order valence-electron chi connectivity index (χ1n) is 5.77. The van der Waals surface area contributed by atoms with Gasteiger partial charge in [-0.15, -0.1) is 12.6 Å². The highest BCUT2D eigenvalue weighted by Crippen LogP contribution is 2.08. The maximum Gasteiger partial charge on any atom is 0.224 e. The lowest BCUT2D eigenvalue weighted by molar-refractivity contribution is -0.120. The van der Waals surface area contributed by atoms with Crippen molar-refractivity contribution in [1.29, 1.82) is 0 Å². The number of hydrogen-bond acceptors (Lipinski definition) is 3. The fourth-order valence-electron chi connectivity index (χ4n) is 1.47. The molecule has 0 aliphatic carbocycles. The third-order valence-electron chi connectivity index (χ3n) is 2.57. The molecule has 0 saturated heterocycles. The average molecular weight is 253 g/mol. The van der Waals surface area contributed by atoms with Crippen molar-refractivity contribution in [3.05, 3.63) is 29.8 Å². The maximum atomic E-state index is 11.6. The number of amides is 1. The Morgan fingerprint density at radius 3 is 2.65 bits per heavy atom. The van der Waals surface area contributed by atoms with Gasteiger partial charge < -0.3 is 10.4 Å². The van der Waals surface area contributed by atoms with Crippen LogP contribution in [0.25, 0.3) is 0 Å². The fourth-order valence-corrected chi connectivity index (χ4v) is 1.62. The summed E-state index contributed by atoms with van der Waals surface area (Å²) in [5.74, 6) is 0.325. The number of carbonyl (C=O) groups excluding carboxylic acids is 1. The topological polar surface area (TPSA) is 49.3 Å². The number of thiol groups is 1. The van der Waals surface area contributed by atoms with E-state index in [-0.39, 0.29) is 12.5 Å². The average Bonchev–Trinajstić information content (AvgIpc) is 2.30. The highest BCUT2D eigenvalue weighted by atomic mass is 32.1. The molecule has 1 rings (SSSR count). The van der Waals surface area contributed by atoms with E-state index in [1.807, 2.05) is 31.2 Å². The molecule has 94 valence electrons. The zero-order chi connectivity index (χ0) is 12.7. The molecular weight excluding hydrogens is 234 g/mol. The van der Waals surface area contributed by atoms with Crippen LogP contribution in [0.3, 0.4) is 0 Å². The normalized spacial score (nSPS) is 12.2. The van der Waals surface area contributed by atoms with Gasteiger partial charge in [0.05, 0.1) is 6.42 Å². The molecule has 1 aromatic rings. The van der Waals surface area contributed by atoms with Crippen LogP contribution in [-0.2, 0) is 11.2 Å². The monoisotopic (exact) mass is 253 g/mol. The van der Waals surface area contributed by atoms with Crippen molar-refractivity contribution in [2.45, 2.75) is 24.7 Å². The first-order valence-corrected chi connectivity index (χ1v) is 6.22.